The van der Waals surface area contributed by atoms with Gasteiger partial charge >= 0.3 is 0 Å². The molecule has 0 radical (unpaired) electrons. The van der Waals surface area contributed by atoms with Crippen molar-refractivity contribution in [1.29, 1.82) is 0 Å². The first-order chi connectivity index (χ1) is 7.14. The summed E-state index contributed by atoms with van der Waals surface area (Å²) in [5, 5.41) is 11.3. The Hall–Kier alpha value is -1.35. The molecule has 0 saturated carbocycles. The van der Waals surface area contributed by atoms with Gasteiger partial charge in [-0.25, -0.2) is 0 Å². The number of oxime groups is 1. The van der Waals surface area contributed by atoms with Crippen LogP contribution in [0.1, 0.15) is 25.8 Å². The molecule has 0 unspecified atom stereocenters. The molecular formula is C12H17NO2. The van der Waals surface area contributed by atoms with E-state index in [2.05, 4.69) is 5.16 Å². The van der Waals surface area contributed by atoms with Gasteiger partial charge in [-0.2, -0.15) is 0 Å². The van der Waals surface area contributed by atoms with Gasteiger partial charge in [0.15, 0.2) is 0 Å². The van der Waals surface area contributed by atoms with Gasteiger partial charge in [0.05, 0.1) is 12.2 Å². The van der Waals surface area contributed by atoms with Gasteiger partial charge in [0.25, 0.3) is 0 Å². The van der Waals surface area contributed by atoms with Crippen LogP contribution in [-0.4, -0.2) is 17.0 Å². The molecule has 1 rings (SSSR count). The molecule has 0 bridgehead atoms. The summed E-state index contributed by atoms with van der Waals surface area (Å²) in [7, 11) is 0. The van der Waals surface area contributed by atoms with Crippen LogP contribution in [0.25, 0.3) is 0 Å². The monoisotopic (exact) mass is 207 g/mol. The lowest BCUT2D eigenvalue weighted by molar-refractivity contribution is -0.0233. The van der Waals surface area contributed by atoms with Crippen molar-refractivity contribution in [3.8, 4) is 0 Å². The van der Waals surface area contributed by atoms with E-state index in [1.165, 1.54) is 6.21 Å². The molecule has 0 atom stereocenters. The number of benzene rings is 1. The normalized spacial score (nSPS) is 12.1. The number of ether oxygens (including phenoxy) is 1. The molecular weight excluding hydrogens is 190 g/mol. The maximum Gasteiger partial charge on any atom is 0.0724 e. The summed E-state index contributed by atoms with van der Waals surface area (Å²) in [6.45, 7) is 4.52. The molecule has 0 aliphatic carbocycles. The molecule has 0 saturated heterocycles. The van der Waals surface area contributed by atoms with E-state index in [1.54, 1.807) is 0 Å². The van der Waals surface area contributed by atoms with Crippen LogP contribution in [-0.2, 0) is 11.3 Å². The van der Waals surface area contributed by atoms with Crippen molar-refractivity contribution in [2.24, 2.45) is 5.16 Å². The third-order valence-electron chi connectivity index (χ3n) is 2.14. The van der Waals surface area contributed by atoms with E-state index in [-0.39, 0.29) is 5.60 Å². The summed E-state index contributed by atoms with van der Waals surface area (Å²) < 4.78 is 5.72. The molecule has 15 heavy (non-hydrogen) atoms. The van der Waals surface area contributed by atoms with Gasteiger partial charge in [0, 0.05) is 12.6 Å². The quantitative estimate of drug-likeness (QED) is 0.458. The molecule has 1 aromatic carbocycles. The second-order valence-electron chi connectivity index (χ2n) is 4.04. The highest BCUT2D eigenvalue weighted by atomic mass is 16.5. The highest BCUT2D eigenvalue weighted by molar-refractivity contribution is 5.57. The van der Waals surface area contributed by atoms with Crippen molar-refractivity contribution < 1.29 is 9.94 Å². The topological polar surface area (TPSA) is 41.8 Å². The van der Waals surface area contributed by atoms with E-state index >= 15 is 0 Å². The van der Waals surface area contributed by atoms with Gasteiger partial charge in [0.2, 0.25) is 0 Å². The standard InChI is InChI=1S/C12H17NO2/c1-12(2,8-9-13-14)15-10-11-6-4-3-5-7-11/h3-7,9,14H,8,10H2,1-2H3. The second-order valence-corrected chi connectivity index (χ2v) is 4.04. The smallest absolute Gasteiger partial charge is 0.0724 e. The van der Waals surface area contributed by atoms with Crippen LogP contribution in [0.2, 0.25) is 0 Å². The van der Waals surface area contributed by atoms with Crippen LogP contribution in [0, 0.1) is 0 Å². The van der Waals surface area contributed by atoms with Crippen LogP contribution in [0.4, 0.5) is 0 Å². The molecule has 0 aliphatic heterocycles. The number of hydrogen-bond donors (Lipinski definition) is 1. The van der Waals surface area contributed by atoms with Crippen molar-refractivity contribution in [3.63, 3.8) is 0 Å². The average molecular weight is 207 g/mol. The van der Waals surface area contributed by atoms with Crippen molar-refractivity contribution in [2.45, 2.75) is 32.5 Å². The minimum atomic E-state index is -0.304. The van der Waals surface area contributed by atoms with Gasteiger partial charge in [-0.3, -0.25) is 0 Å². The predicted molar refractivity (Wildman–Crippen MR) is 60.2 cm³/mol. The predicted octanol–water partition coefficient (Wildman–Crippen LogP) is 2.83. The largest absolute Gasteiger partial charge is 0.411 e. The van der Waals surface area contributed by atoms with Crippen molar-refractivity contribution in [2.75, 3.05) is 0 Å². The molecule has 82 valence electrons. The minimum absolute atomic E-state index is 0.304. The first kappa shape index (κ1) is 11.7. The molecule has 0 amide bonds. The van der Waals surface area contributed by atoms with Crippen LogP contribution in [0.5, 0.6) is 0 Å². The SMILES string of the molecule is CC(C)(CC=NO)OCc1ccccc1. The van der Waals surface area contributed by atoms with Crippen molar-refractivity contribution in [3.05, 3.63) is 35.9 Å². The summed E-state index contributed by atoms with van der Waals surface area (Å²) in [6, 6.07) is 10.0. The third-order valence-corrected chi connectivity index (χ3v) is 2.14. The first-order valence-corrected chi connectivity index (χ1v) is 4.98. The summed E-state index contributed by atoms with van der Waals surface area (Å²) in [6.07, 6.45) is 2.04. The highest BCUT2D eigenvalue weighted by Crippen LogP contribution is 2.15. The minimum Gasteiger partial charge on any atom is -0.411 e. The van der Waals surface area contributed by atoms with Crippen molar-refractivity contribution in [1.82, 2.24) is 0 Å². The molecule has 0 spiro atoms. The van der Waals surface area contributed by atoms with Crippen molar-refractivity contribution >= 4 is 6.21 Å². The molecule has 0 heterocycles. The maximum atomic E-state index is 8.33. The van der Waals surface area contributed by atoms with Gasteiger partial charge in [-0.15, -0.1) is 5.16 Å². The fourth-order valence-electron chi connectivity index (χ4n) is 1.17. The Bertz CT molecular complexity index is 307. The molecule has 0 aromatic heterocycles. The average Bonchev–Trinajstić information content (AvgIpc) is 2.25. The van der Waals surface area contributed by atoms with E-state index in [9.17, 15) is 0 Å². The number of rotatable bonds is 5. The Kier molecular flexibility index (Phi) is 4.31. The van der Waals surface area contributed by atoms with Gasteiger partial charge in [-0.1, -0.05) is 30.3 Å². The zero-order chi connectivity index (χ0) is 11.1. The molecule has 1 N–H and O–H groups in total. The van der Waals surface area contributed by atoms with E-state index in [0.717, 1.165) is 5.56 Å². The first-order valence-electron chi connectivity index (χ1n) is 4.98. The zero-order valence-electron chi connectivity index (χ0n) is 9.18. The summed E-state index contributed by atoms with van der Waals surface area (Å²) in [4.78, 5) is 0. The Labute approximate surface area is 90.4 Å². The van der Waals surface area contributed by atoms with Gasteiger partial charge in [0.1, 0.15) is 0 Å². The Morgan fingerprint density at radius 2 is 2.00 bits per heavy atom. The lowest BCUT2D eigenvalue weighted by atomic mass is 10.1. The van der Waals surface area contributed by atoms with Crippen LogP contribution in [0.15, 0.2) is 35.5 Å². The van der Waals surface area contributed by atoms with Crippen LogP contribution < -0.4 is 0 Å². The fourth-order valence-corrected chi connectivity index (χ4v) is 1.17. The molecule has 3 heteroatoms. The molecule has 3 nitrogen and oxygen atoms in total. The van der Waals surface area contributed by atoms with E-state index in [1.807, 2.05) is 44.2 Å². The molecule has 1 aromatic rings. The lowest BCUT2D eigenvalue weighted by Gasteiger charge is -2.23. The second kappa shape index (κ2) is 5.51. The number of nitrogens with zero attached hydrogens (tertiary/aromatic N) is 1. The number of hydrogen-bond acceptors (Lipinski definition) is 3. The summed E-state index contributed by atoms with van der Waals surface area (Å²) in [5.74, 6) is 0. The summed E-state index contributed by atoms with van der Waals surface area (Å²) >= 11 is 0. The van der Waals surface area contributed by atoms with E-state index in [0.29, 0.717) is 13.0 Å². The Morgan fingerprint density at radius 3 is 2.60 bits per heavy atom. The fraction of sp³-hybridized carbons (Fsp3) is 0.417. The van der Waals surface area contributed by atoms with Crippen LogP contribution in [0.3, 0.4) is 0 Å². The Balaban J connectivity index is 2.42. The van der Waals surface area contributed by atoms with Gasteiger partial charge in [-0.05, 0) is 19.4 Å². The van der Waals surface area contributed by atoms with Gasteiger partial charge < -0.3 is 9.94 Å². The maximum absolute atomic E-state index is 8.33. The highest BCUT2D eigenvalue weighted by Gasteiger charge is 2.16. The van der Waals surface area contributed by atoms with Crippen LogP contribution >= 0.6 is 0 Å². The molecule has 0 aliphatic rings. The summed E-state index contributed by atoms with van der Waals surface area (Å²) in [5.41, 5.74) is 0.841. The van der Waals surface area contributed by atoms with E-state index in [4.69, 9.17) is 9.94 Å². The Morgan fingerprint density at radius 1 is 1.33 bits per heavy atom. The zero-order valence-corrected chi connectivity index (χ0v) is 9.18. The third kappa shape index (κ3) is 4.61. The molecule has 0 fully saturated rings. The van der Waals surface area contributed by atoms with E-state index < -0.39 is 0 Å². The lowest BCUT2D eigenvalue weighted by Crippen LogP contribution is -2.24.